The number of carbonyl (C=O) groups is 2. The van der Waals surface area contributed by atoms with Crippen LogP contribution in [0.15, 0.2) is 12.5 Å². The molecule has 6 heteroatoms. The predicted octanol–water partition coefficient (Wildman–Crippen LogP) is 0.428. The van der Waals surface area contributed by atoms with Crippen LogP contribution in [0.1, 0.15) is 23.6 Å². The van der Waals surface area contributed by atoms with Crippen molar-refractivity contribution in [3.63, 3.8) is 0 Å². The molecule has 0 aliphatic rings. The second-order valence-electron chi connectivity index (χ2n) is 3.05. The van der Waals surface area contributed by atoms with Gasteiger partial charge in [0.25, 0.3) is 0 Å². The van der Waals surface area contributed by atoms with E-state index in [9.17, 15) is 9.59 Å². The zero-order valence-electron chi connectivity index (χ0n) is 8.04. The van der Waals surface area contributed by atoms with Crippen molar-refractivity contribution < 1.29 is 19.8 Å². The molecule has 0 aliphatic carbocycles. The highest BCUT2D eigenvalue weighted by molar-refractivity contribution is 5.82. The fraction of sp³-hybridized carbons (Fsp3) is 0.333. The molecule has 1 aromatic heterocycles. The number of rotatable bonds is 4. The molecule has 1 aromatic rings. The molecule has 1 rings (SSSR count). The van der Waals surface area contributed by atoms with Crippen LogP contribution in [-0.4, -0.2) is 32.1 Å². The minimum Gasteiger partial charge on any atom is -0.481 e. The summed E-state index contributed by atoms with van der Waals surface area (Å²) in [5.41, 5.74) is 0.825. The lowest BCUT2D eigenvalue weighted by molar-refractivity contribution is -0.145. The minimum absolute atomic E-state index is 0.340. The summed E-state index contributed by atoms with van der Waals surface area (Å²) < 4.78 is 0. The fourth-order valence-corrected chi connectivity index (χ4v) is 1.25. The summed E-state index contributed by atoms with van der Waals surface area (Å²) in [4.78, 5) is 28.9. The van der Waals surface area contributed by atoms with Gasteiger partial charge in [-0.1, -0.05) is 0 Å². The van der Waals surface area contributed by atoms with Crippen molar-refractivity contribution in [2.75, 3.05) is 0 Å². The number of carboxylic acids is 2. The number of carboxylic acid groups (broad SMARTS) is 2. The van der Waals surface area contributed by atoms with E-state index in [1.165, 1.54) is 12.5 Å². The van der Waals surface area contributed by atoms with Gasteiger partial charge in [0.15, 0.2) is 0 Å². The molecule has 15 heavy (non-hydrogen) atoms. The second-order valence-corrected chi connectivity index (χ2v) is 3.05. The van der Waals surface area contributed by atoms with E-state index in [0.29, 0.717) is 11.3 Å². The first kappa shape index (κ1) is 11.1. The highest BCUT2D eigenvalue weighted by Gasteiger charge is 2.25. The van der Waals surface area contributed by atoms with E-state index in [1.807, 2.05) is 0 Å². The van der Waals surface area contributed by atoms with Crippen LogP contribution in [0.4, 0.5) is 0 Å². The van der Waals surface area contributed by atoms with Crippen LogP contribution in [0, 0.1) is 6.92 Å². The standard InChI is InChI=1S/C9H10N2O4/c1-5-7(3-10-4-11-5)6(9(14)15)2-8(12)13/h3-4,6H,2H2,1H3,(H,12,13)(H,14,15). The Morgan fingerprint density at radius 3 is 2.60 bits per heavy atom. The third-order valence-corrected chi connectivity index (χ3v) is 2.00. The molecular formula is C9H10N2O4. The highest BCUT2D eigenvalue weighted by atomic mass is 16.4. The van der Waals surface area contributed by atoms with Crippen molar-refractivity contribution in [3.05, 3.63) is 23.8 Å². The SMILES string of the molecule is Cc1ncncc1C(CC(=O)O)C(=O)O. The van der Waals surface area contributed by atoms with Gasteiger partial charge in [-0.05, 0) is 6.92 Å². The fourth-order valence-electron chi connectivity index (χ4n) is 1.25. The maximum Gasteiger partial charge on any atom is 0.311 e. The molecule has 0 bridgehead atoms. The number of aromatic nitrogens is 2. The van der Waals surface area contributed by atoms with Gasteiger partial charge in [-0.3, -0.25) is 9.59 Å². The molecule has 1 unspecified atom stereocenters. The number of hydrogen-bond donors (Lipinski definition) is 2. The topological polar surface area (TPSA) is 100 Å². The molecular weight excluding hydrogens is 200 g/mol. The summed E-state index contributed by atoms with van der Waals surface area (Å²) in [5, 5.41) is 17.5. The van der Waals surface area contributed by atoms with Crippen molar-refractivity contribution in [1.82, 2.24) is 9.97 Å². The van der Waals surface area contributed by atoms with Gasteiger partial charge in [0, 0.05) is 17.5 Å². The van der Waals surface area contributed by atoms with E-state index in [1.54, 1.807) is 6.92 Å². The Hall–Kier alpha value is -1.98. The summed E-state index contributed by atoms with van der Waals surface area (Å²) in [5.74, 6) is -3.44. The second kappa shape index (κ2) is 4.50. The molecule has 0 fully saturated rings. The maximum absolute atomic E-state index is 10.9. The summed E-state index contributed by atoms with van der Waals surface area (Å²) in [6, 6.07) is 0. The number of aryl methyl sites for hydroxylation is 1. The molecule has 0 saturated heterocycles. The lowest BCUT2D eigenvalue weighted by atomic mass is 9.96. The van der Waals surface area contributed by atoms with Crippen molar-refractivity contribution in [3.8, 4) is 0 Å². The Balaban J connectivity index is 3.04. The molecule has 0 saturated carbocycles. The van der Waals surface area contributed by atoms with Gasteiger partial charge in [0.2, 0.25) is 0 Å². The van der Waals surface area contributed by atoms with Crippen molar-refractivity contribution in [1.29, 1.82) is 0 Å². The summed E-state index contributed by atoms with van der Waals surface area (Å²) in [7, 11) is 0. The van der Waals surface area contributed by atoms with E-state index >= 15 is 0 Å². The van der Waals surface area contributed by atoms with Crippen LogP contribution in [0.25, 0.3) is 0 Å². The van der Waals surface area contributed by atoms with Gasteiger partial charge >= 0.3 is 11.9 Å². The molecule has 0 aromatic carbocycles. The van der Waals surface area contributed by atoms with E-state index in [4.69, 9.17) is 10.2 Å². The lowest BCUT2D eigenvalue weighted by Gasteiger charge is -2.11. The summed E-state index contributed by atoms with van der Waals surface area (Å²) >= 11 is 0. The molecule has 0 aliphatic heterocycles. The molecule has 0 amide bonds. The number of aliphatic carboxylic acids is 2. The zero-order valence-corrected chi connectivity index (χ0v) is 8.04. The monoisotopic (exact) mass is 210 g/mol. The van der Waals surface area contributed by atoms with Gasteiger partial charge < -0.3 is 10.2 Å². The largest absolute Gasteiger partial charge is 0.481 e. The number of nitrogens with zero attached hydrogens (tertiary/aromatic N) is 2. The van der Waals surface area contributed by atoms with Gasteiger partial charge in [0.05, 0.1) is 12.3 Å². The Morgan fingerprint density at radius 2 is 2.13 bits per heavy atom. The number of hydrogen-bond acceptors (Lipinski definition) is 4. The van der Waals surface area contributed by atoms with Gasteiger partial charge in [0.1, 0.15) is 6.33 Å². The first-order chi connectivity index (χ1) is 7.02. The normalized spacial score (nSPS) is 12.1. The van der Waals surface area contributed by atoms with E-state index in [2.05, 4.69) is 9.97 Å². The Labute approximate surface area is 85.6 Å². The van der Waals surface area contributed by atoms with Crippen LogP contribution in [0.3, 0.4) is 0 Å². The Kier molecular flexibility index (Phi) is 3.33. The molecule has 2 N–H and O–H groups in total. The first-order valence-electron chi connectivity index (χ1n) is 4.23. The van der Waals surface area contributed by atoms with Crippen LogP contribution in [0.2, 0.25) is 0 Å². The van der Waals surface area contributed by atoms with Gasteiger partial charge in [-0.25, -0.2) is 9.97 Å². The van der Waals surface area contributed by atoms with E-state index in [0.717, 1.165) is 0 Å². The quantitative estimate of drug-likeness (QED) is 0.747. The highest BCUT2D eigenvalue weighted by Crippen LogP contribution is 2.21. The zero-order chi connectivity index (χ0) is 11.4. The molecule has 0 spiro atoms. The van der Waals surface area contributed by atoms with Crippen molar-refractivity contribution >= 4 is 11.9 Å². The third kappa shape index (κ3) is 2.73. The minimum atomic E-state index is -1.18. The van der Waals surface area contributed by atoms with Gasteiger partial charge in [-0.2, -0.15) is 0 Å². The Bertz CT molecular complexity index is 391. The summed E-state index contributed by atoms with van der Waals surface area (Å²) in [6.45, 7) is 1.62. The van der Waals surface area contributed by atoms with E-state index < -0.39 is 24.3 Å². The smallest absolute Gasteiger partial charge is 0.311 e. The van der Waals surface area contributed by atoms with Crippen molar-refractivity contribution in [2.24, 2.45) is 0 Å². The summed E-state index contributed by atoms with van der Waals surface area (Å²) in [6.07, 6.45) is 2.16. The average Bonchev–Trinajstić information content (AvgIpc) is 2.15. The van der Waals surface area contributed by atoms with Crippen molar-refractivity contribution in [2.45, 2.75) is 19.3 Å². The Morgan fingerprint density at radius 1 is 1.47 bits per heavy atom. The molecule has 1 atom stereocenters. The van der Waals surface area contributed by atoms with Crippen LogP contribution in [0.5, 0.6) is 0 Å². The molecule has 1 heterocycles. The first-order valence-corrected chi connectivity index (χ1v) is 4.23. The lowest BCUT2D eigenvalue weighted by Crippen LogP contribution is -2.17. The maximum atomic E-state index is 10.9. The molecule has 6 nitrogen and oxygen atoms in total. The van der Waals surface area contributed by atoms with E-state index in [-0.39, 0.29) is 0 Å². The average molecular weight is 210 g/mol. The van der Waals surface area contributed by atoms with Crippen LogP contribution >= 0.6 is 0 Å². The van der Waals surface area contributed by atoms with Crippen LogP contribution < -0.4 is 0 Å². The van der Waals surface area contributed by atoms with Crippen LogP contribution in [-0.2, 0) is 9.59 Å². The predicted molar refractivity (Wildman–Crippen MR) is 49.4 cm³/mol. The van der Waals surface area contributed by atoms with Gasteiger partial charge in [-0.15, -0.1) is 0 Å². The molecule has 0 radical (unpaired) electrons. The third-order valence-electron chi connectivity index (χ3n) is 2.00. The molecule has 80 valence electrons.